The molecule has 1 aromatic rings. The molecule has 6 nitrogen and oxygen atoms in total. The van der Waals surface area contributed by atoms with Crippen LogP contribution in [0.15, 0.2) is 30.3 Å². The second-order valence-corrected chi connectivity index (χ2v) is 4.69. The lowest BCUT2D eigenvalue weighted by atomic mass is 10.2. The first-order valence-corrected chi connectivity index (χ1v) is 7.11. The molecule has 0 bridgehead atoms. The van der Waals surface area contributed by atoms with Crippen LogP contribution in [0.25, 0.3) is 0 Å². The van der Waals surface area contributed by atoms with Crippen LogP contribution in [-0.2, 0) is 16.1 Å². The molecule has 0 fully saturated rings. The van der Waals surface area contributed by atoms with Crippen molar-refractivity contribution in [3.05, 3.63) is 35.9 Å². The summed E-state index contributed by atoms with van der Waals surface area (Å²) < 4.78 is 5.02. The third-order valence-electron chi connectivity index (χ3n) is 2.85. The Morgan fingerprint density at radius 3 is 2.62 bits per heavy atom. The fraction of sp³-hybridized carbons (Fsp3) is 0.467. The number of amides is 2. The van der Waals surface area contributed by atoms with E-state index < -0.39 is 12.1 Å². The van der Waals surface area contributed by atoms with Crippen LogP contribution in [-0.4, -0.2) is 31.1 Å². The van der Waals surface area contributed by atoms with Crippen LogP contribution in [0.5, 0.6) is 0 Å². The van der Waals surface area contributed by atoms with Crippen molar-refractivity contribution in [2.24, 2.45) is 5.73 Å². The molecule has 0 saturated carbocycles. The van der Waals surface area contributed by atoms with E-state index in [4.69, 9.17) is 10.5 Å². The maximum absolute atomic E-state index is 11.6. The standard InChI is InChI=1S/C15H23N3O3/c1-2-3-9-17-14(19)13(16)10-18-15(20)21-11-12-7-5-4-6-8-12/h4-8,13H,2-3,9-11,16H2,1H3,(H,17,19)(H,18,20). The lowest BCUT2D eigenvalue weighted by molar-refractivity contribution is -0.122. The molecule has 21 heavy (non-hydrogen) atoms. The fourth-order valence-electron chi connectivity index (χ4n) is 1.58. The van der Waals surface area contributed by atoms with E-state index in [2.05, 4.69) is 10.6 Å². The molecule has 116 valence electrons. The van der Waals surface area contributed by atoms with E-state index in [1.807, 2.05) is 37.3 Å². The van der Waals surface area contributed by atoms with E-state index in [0.29, 0.717) is 6.54 Å². The number of hydrogen-bond acceptors (Lipinski definition) is 4. The highest BCUT2D eigenvalue weighted by molar-refractivity contribution is 5.82. The summed E-state index contributed by atoms with van der Waals surface area (Å²) in [6.45, 7) is 2.87. The molecule has 4 N–H and O–H groups in total. The van der Waals surface area contributed by atoms with Gasteiger partial charge in [-0.2, -0.15) is 0 Å². The van der Waals surface area contributed by atoms with Gasteiger partial charge in [-0.05, 0) is 12.0 Å². The van der Waals surface area contributed by atoms with Crippen molar-refractivity contribution in [1.82, 2.24) is 10.6 Å². The molecule has 1 rings (SSSR count). The molecule has 0 heterocycles. The first kappa shape index (κ1) is 17.0. The highest BCUT2D eigenvalue weighted by Gasteiger charge is 2.14. The predicted octanol–water partition coefficient (Wildman–Crippen LogP) is 1.16. The molecule has 0 radical (unpaired) electrons. The van der Waals surface area contributed by atoms with Gasteiger partial charge in [0.05, 0.1) is 0 Å². The van der Waals surface area contributed by atoms with Gasteiger partial charge in [0.2, 0.25) is 5.91 Å². The molecule has 0 aliphatic rings. The van der Waals surface area contributed by atoms with E-state index in [1.165, 1.54) is 0 Å². The van der Waals surface area contributed by atoms with Gasteiger partial charge in [-0.15, -0.1) is 0 Å². The van der Waals surface area contributed by atoms with E-state index in [-0.39, 0.29) is 19.1 Å². The Kier molecular flexibility index (Phi) is 7.89. The van der Waals surface area contributed by atoms with Crippen molar-refractivity contribution in [1.29, 1.82) is 0 Å². The Morgan fingerprint density at radius 2 is 1.95 bits per heavy atom. The van der Waals surface area contributed by atoms with E-state index >= 15 is 0 Å². The Hall–Kier alpha value is -2.08. The summed E-state index contributed by atoms with van der Waals surface area (Å²) in [5.41, 5.74) is 6.57. The van der Waals surface area contributed by atoms with Crippen LogP contribution in [0.4, 0.5) is 4.79 Å². The minimum absolute atomic E-state index is 0.0472. The summed E-state index contributed by atoms with van der Waals surface area (Å²) in [6.07, 6.45) is 1.32. The van der Waals surface area contributed by atoms with Crippen LogP contribution in [0.2, 0.25) is 0 Å². The van der Waals surface area contributed by atoms with Gasteiger partial charge in [0.1, 0.15) is 12.6 Å². The van der Waals surface area contributed by atoms with E-state index in [0.717, 1.165) is 18.4 Å². The highest BCUT2D eigenvalue weighted by Crippen LogP contribution is 2.00. The first-order valence-electron chi connectivity index (χ1n) is 7.11. The van der Waals surface area contributed by atoms with Crippen LogP contribution < -0.4 is 16.4 Å². The number of hydrogen-bond donors (Lipinski definition) is 3. The zero-order chi connectivity index (χ0) is 15.5. The second kappa shape index (κ2) is 9.77. The number of nitrogens with one attached hydrogen (secondary N) is 2. The highest BCUT2D eigenvalue weighted by atomic mass is 16.5. The van der Waals surface area contributed by atoms with E-state index in [9.17, 15) is 9.59 Å². The lowest BCUT2D eigenvalue weighted by Gasteiger charge is -2.13. The van der Waals surface area contributed by atoms with Gasteiger partial charge in [0.25, 0.3) is 0 Å². The van der Waals surface area contributed by atoms with Gasteiger partial charge in [0.15, 0.2) is 0 Å². The molecular formula is C15H23N3O3. The maximum Gasteiger partial charge on any atom is 0.407 e. The van der Waals surface area contributed by atoms with Crippen molar-refractivity contribution in [3.8, 4) is 0 Å². The SMILES string of the molecule is CCCCNC(=O)C(N)CNC(=O)OCc1ccccc1. The average Bonchev–Trinajstić information content (AvgIpc) is 2.51. The summed E-state index contributed by atoms with van der Waals surface area (Å²) in [7, 11) is 0. The smallest absolute Gasteiger partial charge is 0.407 e. The van der Waals surface area contributed by atoms with Gasteiger partial charge in [0, 0.05) is 13.1 Å². The number of carbonyl (C=O) groups is 2. The molecule has 0 spiro atoms. The van der Waals surface area contributed by atoms with Crippen LogP contribution in [0.1, 0.15) is 25.3 Å². The topological polar surface area (TPSA) is 93.5 Å². The van der Waals surface area contributed by atoms with Crippen LogP contribution in [0, 0.1) is 0 Å². The van der Waals surface area contributed by atoms with Gasteiger partial charge in [-0.1, -0.05) is 43.7 Å². The Balaban J connectivity index is 2.18. The van der Waals surface area contributed by atoms with Crippen molar-refractivity contribution >= 4 is 12.0 Å². The summed E-state index contributed by atoms with van der Waals surface area (Å²) in [5, 5.41) is 5.19. The number of ether oxygens (including phenoxy) is 1. The quantitative estimate of drug-likeness (QED) is 0.627. The lowest BCUT2D eigenvalue weighted by Crippen LogP contribution is -2.48. The molecule has 6 heteroatoms. The summed E-state index contributed by atoms with van der Waals surface area (Å²) >= 11 is 0. The Bertz CT molecular complexity index is 437. The number of alkyl carbamates (subject to hydrolysis) is 1. The van der Waals surface area contributed by atoms with Gasteiger partial charge < -0.3 is 21.1 Å². The predicted molar refractivity (Wildman–Crippen MR) is 80.5 cm³/mol. The minimum atomic E-state index is -0.772. The third-order valence-corrected chi connectivity index (χ3v) is 2.85. The summed E-state index contributed by atoms with van der Waals surface area (Å²) in [4.78, 5) is 23.1. The molecule has 0 saturated heterocycles. The molecule has 1 unspecified atom stereocenters. The number of unbranched alkanes of at least 4 members (excludes halogenated alkanes) is 1. The monoisotopic (exact) mass is 293 g/mol. The normalized spacial score (nSPS) is 11.5. The average molecular weight is 293 g/mol. The Morgan fingerprint density at radius 1 is 1.24 bits per heavy atom. The minimum Gasteiger partial charge on any atom is -0.445 e. The third kappa shape index (κ3) is 7.31. The Labute approximate surface area is 125 Å². The van der Waals surface area contributed by atoms with Crippen LogP contribution >= 0.6 is 0 Å². The molecular weight excluding hydrogens is 270 g/mol. The summed E-state index contributed by atoms with van der Waals surface area (Å²) in [5.74, 6) is -0.271. The first-order chi connectivity index (χ1) is 10.1. The van der Waals surface area contributed by atoms with E-state index in [1.54, 1.807) is 0 Å². The molecule has 0 aliphatic heterocycles. The van der Waals surface area contributed by atoms with Crippen molar-refractivity contribution in [2.75, 3.05) is 13.1 Å². The number of rotatable bonds is 8. The molecule has 0 aliphatic carbocycles. The number of carbonyl (C=O) groups excluding carboxylic acids is 2. The fourth-order valence-corrected chi connectivity index (χ4v) is 1.58. The molecule has 2 amide bonds. The van der Waals surface area contributed by atoms with Gasteiger partial charge in [-0.3, -0.25) is 4.79 Å². The van der Waals surface area contributed by atoms with Crippen molar-refractivity contribution in [2.45, 2.75) is 32.4 Å². The zero-order valence-corrected chi connectivity index (χ0v) is 12.3. The van der Waals surface area contributed by atoms with Gasteiger partial charge >= 0.3 is 6.09 Å². The maximum atomic E-state index is 11.6. The number of benzene rings is 1. The molecule has 1 atom stereocenters. The second-order valence-electron chi connectivity index (χ2n) is 4.69. The largest absolute Gasteiger partial charge is 0.445 e. The number of nitrogens with two attached hydrogens (primary N) is 1. The van der Waals surface area contributed by atoms with Crippen molar-refractivity contribution in [3.63, 3.8) is 0 Å². The molecule has 1 aromatic carbocycles. The summed E-state index contributed by atoms with van der Waals surface area (Å²) in [6, 6.07) is 8.58. The molecule has 0 aromatic heterocycles. The van der Waals surface area contributed by atoms with Crippen molar-refractivity contribution < 1.29 is 14.3 Å². The van der Waals surface area contributed by atoms with Gasteiger partial charge in [-0.25, -0.2) is 4.79 Å². The van der Waals surface area contributed by atoms with Crippen LogP contribution in [0.3, 0.4) is 0 Å². The zero-order valence-electron chi connectivity index (χ0n) is 12.3.